The average Bonchev–Trinajstić information content (AvgIpc) is 3.38. The van der Waals surface area contributed by atoms with Crippen LogP contribution in [0.3, 0.4) is 0 Å². The van der Waals surface area contributed by atoms with Crippen LogP contribution in [-0.2, 0) is 9.59 Å². The molecule has 0 saturated carbocycles. The molecule has 196 valence electrons. The lowest BCUT2D eigenvalue weighted by Gasteiger charge is -2.22. The number of ketones is 1. The molecule has 0 bridgehead atoms. The zero-order chi connectivity index (χ0) is 26.0. The Kier molecular flexibility index (Phi) is 9.43. The lowest BCUT2D eigenvalue weighted by Crippen LogP contribution is -2.39. The van der Waals surface area contributed by atoms with Gasteiger partial charge in [0.2, 0.25) is 17.6 Å². The number of para-hydroxylation sites is 2. The van der Waals surface area contributed by atoms with Crippen molar-refractivity contribution in [1.82, 2.24) is 20.9 Å². The van der Waals surface area contributed by atoms with Crippen molar-refractivity contribution in [3.8, 4) is 0 Å². The van der Waals surface area contributed by atoms with Crippen LogP contribution in [-0.4, -0.2) is 48.8 Å². The summed E-state index contributed by atoms with van der Waals surface area (Å²) in [6.45, 7) is 4.76. The van der Waals surface area contributed by atoms with Crippen molar-refractivity contribution < 1.29 is 18.8 Å². The van der Waals surface area contributed by atoms with Crippen LogP contribution in [0.5, 0.6) is 0 Å². The smallest absolute Gasteiger partial charge is 0.264 e. The molecule has 3 aromatic rings. The molecule has 1 aliphatic heterocycles. The van der Waals surface area contributed by atoms with E-state index in [2.05, 4.69) is 20.9 Å². The van der Waals surface area contributed by atoms with E-state index in [0.29, 0.717) is 43.5 Å². The molecule has 1 fully saturated rings. The molecule has 37 heavy (non-hydrogen) atoms. The Morgan fingerprint density at radius 2 is 1.73 bits per heavy atom. The predicted octanol–water partition coefficient (Wildman–Crippen LogP) is 3.83. The summed E-state index contributed by atoms with van der Waals surface area (Å²) in [4.78, 5) is 42.5. The first-order valence-corrected chi connectivity index (χ1v) is 13.2. The van der Waals surface area contributed by atoms with E-state index < -0.39 is 5.92 Å². The molecule has 1 saturated heterocycles. The Morgan fingerprint density at radius 1 is 1.00 bits per heavy atom. The molecule has 2 heterocycles. The van der Waals surface area contributed by atoms with Gasteiger partial charge in [-0.15, -0.1) is 0 Å². The standard InChI is InChI=1S/C29H36N4O4/c1-20(19-32-28(36)22-13-16-30-17-14-22)11-12-26(34)31-18-15-23(21-7-3-2-4-8-21)27(35)29-33-24-9-5-6-10-25(24)37-29/h2-10,20,22-23,30H,11-19H2,1H3,(H,31,34)(H,32,36). The molecule has 8 nitrogen and oxygen atoms in total. The maximum Gasteiger partial charge on any atom is 0.264 e. The van der Waals surface area contributed by atoms with E-state index in [4.69, 9.17) is 4.42 Å². The van der Waals surface area contributed by atoms with Crippen LogP contribution in [0.4, 0.5) is 0 Å². The molecule has 2 aromatic carbocycles. The van der Waals surface area contributed by atoms with Crippen molar-refractivity contribution in [3.05, 3.63) is 66.1 Å². The number of hydrogen-bond donors (Lipinski definition) is 3. The van der Waals surface area contributed by atoms with Crippen LogP contribution in [0, 0.1) is 11.8 Å². The average molecular weight is 505 g/mol. The second-order valence-electron chi connectivity index (χ2n) is 9.87. The molecule has 1 aromatic heterocycles. The first kappa shape index (κ1) is 26.5. The quantitative estimate of drug-likeness (QED) is 0.323. The van der Waals surface area contributed by atoms with E-state index in [-0.39, 0.29) is 35.3 Å². The number of amides is 2. The third-order valence-electron chi connectivity index (χ3n) is 6.98. The lowest BCUT2D eigenvalue weighted by molar-refractivity contribution is -0.125. The molecule has 2 unspecified atom stereocenters. The number of hydrogen-bond acceptors (Lipinski definition) is 6. The number of rotatable bonds is 12. The molecule has 4 rings (SSSR count). The fourth-order valence-corrected chi connectivity index (χ4v) is 4.69. The van der Waals surface area contributed by atoms with Crippen LogP contribution < -0.4 is 16.0 Å². The molecule has 2 atom stereocenters. The van der Waals surface area contributed by atoms with Gasteiger partial charge in [0.05, 0.1) is 5.92 Å². The SMILES string of the molecule is CC(CCC(=O)NCCC(C(=O)c1nc2ccccc2o1)c1ccccc1)CNC(=O)C1CCNCC1. The first-order chi connectivity index (χ1) is 18.0. The second kappa shape index (κ2) is 13.1. The molecular weight excluding hydrogens is 468 g/mol. The van der Waals surface area contributed by atoms with Crippen molar-refractivity contribution in [3.63, 3.8) is 0 Å². The third-order valence-corrected chi connectivity index (χ3v) is 6.98. The highest BCUT2D eigenvalue weighted by Gasteiger charge is 2.26. The first-order valence-electron chi connectivity index (χ1n) is 13.2. The van der Waals surface area contributed by atoms with Gasteiger partial charge in [-0.1, -0.05) is 49.4 Å². The number of oxazole rings is 1. The highest BCUT2D eigenvalue weighted by molar-refractivity contribution is 5.99. The number of benzene rings is 2. The maximum atomic E-state index is 13.3. The second-order valence-corrected chi connectivity index (χ2v) is 9.87. The summed E-state index contributed by atoms with van der Waals surface area (Å²) in [5.41, 5.74) is 2.08. The highest BCUT2D eigenvalue weighted by atomic mass is 16.4. The zero-order valence-corrected chi connectivity index (χ0v) is 21.4. The van der Waals surface area contributed by atoms with Crippen LogP contribution in [0.2, 0.25) is 0 Å². The van der Waals surface area contributed by atoms with Crippen molar-refractivity contribution in [2.45, 2.75) is 44.9 Å². The number of fused-ring (bicyclic) bond motifs is 1. The molecule has 8 heteroatoms. The van der Waals surface area contributed by atoms with E-state index in [0.717, 1.165) is 31.5 Å². The number of piperidine rings is 1. The van der Waals surface area contributed by atoms with Gasteiger partial charge >= 0.3 is 0 Å². The Morgan fingerprint density at radius 3 is 2.49 bits per heavy atom. The van der Waals surface area contributed by atoms with Gasteiger partial charge in [0.1, 0.15) is 5.52 Å². The molecule has 1 aliphatic rings. The molecule has 0 radical (unpaired) electrons. The van der Waals surface area contributed by atoms with Gasteiger partial charge < -0.3 is 20.4 Å². The maximum absolute atomic E-state index is 13.3. The van der Waals surface area contributed by atoms with Crippen molar-refractivity contribution in [1.29, 1.82) is 0 Å². The van der Waals surface area contributed by atoms with E-state index in [1.165, 1.54) is 0 Å². The van der Waals surface area contributed by atoms with Gasteiger partial charge in [0, 0.05) is 25.4 Å². The summed E-state index contributed by atoms with van der Waals surface area (Å²) in [6.07, 6.45) is 3.25. The number of nitrogens with zero attached hydrogens (tertiary/aromatic N) is 1. The number of carbonyl (C=O) groups excluding carboxylic acids is 3. The van der Waals surface area contributed by atoms with E-state index >= 15 is 0 Å². The Bertz CT molecular complexity index is 1150. The minimum Gasteiger partial charge on any atom is -0.434 e. The number of Topliss-reactive ketones (excluding diaryl/α,β-unsaturated/α-hetero) is 1. The van der Waals surface area contributed by atoms with Crippen molar-refractivity contribution >= 4 is 28.7 Å². The summed E-state index contributed by atoms with van der Waals surface area (Å²) in [5, 5.41) is 9.26. The summed E-state index contributed by atoms with van der Waals surface area (Å²) in [7, 11) is 0. The zero-order valence-electron chi connectivity index (χ0n) is 21.4. The minimum atomic E-state index is -0.473. The predicted molar refractivity (Wildman–Crippen MR) is 142 cm³/mol. The van der Waals surface area contributed by atoms with Crippen LogP contribution >= 0.6 is 0 Å². The largest absolute Gasteiger partial charge is 0.434 e. The van der Waals surface area contributed by atoms with Gasteiger partial charge in [0.25, 0.3) is 5.89 Å². The van der Waals surface area contributed by atoms with E-state index in [1.807, 2.05) is 55.5 Å². The number of carbonyl (C=O) groups is 3. The van der Waals surface area contributed by atoms with Gasteiger partial charge in [-0.25, -0.2) is 4.98 Å². The topological polar surface area (TPSA) is 113 Å². The number of nitrogens with one attached hydrogen (secondary N) is 3. The fraction of sp³-hybridized carbons (Fsp3) is 0.448. The fourth-order valence-electron chi connectivity index (χ4n) is 4.69. The van der Waals surface area contributed by atoms with Gasteiger partial charge in [-0.3, -0.25) is 14.4 Å². The lowest BCUT2D eigenvalue weighted by atomic mass is 9.91. The van der Waals surface area contributed by atoms with Gasteiger partial charge in [0.15, 0.2) is 5.58 Å². The molecule has 0 aliphatic carbocycles. The molecular formula is C29H36N4O4. The summed E-state index contributed by atoms with van der Waals surface area (Å²) >= 11 is 0. The highest BCUT2D eigenvalue weighted by Crippen LogP contribution is 2.26. The summed E-state index contributed by atoms with van der Waals surface area (Å²) in [6, 6.07) is 16.8. The van der Waals surface area contributed by atoms with E-state index in [9.17, 15) is 14.4 Å². The van der Waals surface area contributed by atoms with Crippen LogP contribution in [0.1, 0.15) is 61.2 Å². The Balaban J connectivity index is 1.24. The monoisotopic (exact) mass is 504 g/mol. The van der Waals surface area contributed by atoms with Crippen LogP contribution in [0.15, 0.2) is 59.0 Å². The van der Waals surface area contributed by atoms with Crippen molar-refractivity contribution in [2.24, 2.45) is 11.8 Å². The minimum absolute atomic E-state index is 0.0577. The molecule has 0 spiro atoms. The van der Waals surface area contributed by atoms with Gasteiger partial charge in [-0.05, 0) is 62.4 Å². The van der Waals surface area contributed by atoms with Crippen molar-refractivity contribution in [2.75, 3.05) is 26.2 Å². The van der Waals surface area contributed by atoms with E-state index in [1.54, 1.807) is 6.07 Å². The van der Waals surface area contributed by atoms with Gasteiger partial charge in [-0.2, -0.15) is 0 Å². The molecule has 3 N–H and O–H groups in total. The summed E-state index contributed by atoms with van der Waals surface area (Å²) in [5.74, 6) is -0.234. The normalized spacial score (nSPS) is 15.7. The van der Waals surface area contributed by atoms with Crippen LogP contribution in [0.25, 0.3) is 11.1 Å². The molecule has 2 amide bonds. The third kappa shape index (κ3) is 7.49. The number of aromatic nitrogens is 1. The summed E-state index contributed by atoms with van der Waals surface area (Å²) < 4.78 is 5.72. The Hall–Kier alpha value is -3.52. The Labute approximate surface area is 217 Å².